The molecule has 0 heterocycles. The van der Waals surface area contributed by atoms with Crippen LogP contribution in [0, 0.1) is 11.3 Å². The average Bonchev–Trinajstić information content (AvgIpc) is 2.26. The molecule has 2 aliphatic carbocycles. The fraction of sp³-hybridized carbons (Fsp3) is 0.667. The molecule has 3 atom stereocenters. The molecule has 2 heteroatoms. The monoisotopic (exact) mass is 234 g/mol. The normalized spacial score (nSPS) is 38.0. The first-order valence-electron chi connectivity index (χ1n) is 6.43. The van der Waals surface area contributed by atoms with E-state index in [0.717, 1.165) is 30.4 Å². The van der Waals surface area contributed by atoms with Crippen LogP contribution in [0.1, 0.15) is 46.5 Å². The zero-order valence-corrected chi connectivity index (χ0v) is 11.0. The van der Waals surface area contributed by atoms with Crippen LogP contribution in [0.3, 0.4) is 0 Å². The van der Waals surface area contributed by atoms with Crippen LogP contribution in [0.4, 0.5) is 0 Å². The molecule has 0 amide bonds. The van der Waals surface area contributed by atoms with Crippen molar-refractivity contribution >= 4 is 5.78 Å². The van der Waals surface area contributed by atoms with Gasteiger partial charge in [0, 0.05) is 11.8 Å². The van der Waals surface area contributed by atoms with Gasteiger partial charge in [-0.05, 0) is 44.6 Å². The Kier molecular flexibility index (Phi) is 3.03. The number of fused-ring (bicyclic) bond motifs is 1. The fourth-order valence-electron chi connectivity index (χ4n) is 3.30. The van der Waals surface area contributed by atoms with Gasteiger partial charge in [0.05, 0.1) is 6.10 Å². The summed E-state index contributed by atoms with van der Waals surface area (Å²) in [6.45, 7) is 10.0. The van der Waals surface area contributed by atoms with Gasteiger partial charge < -0.3 is 5.11 Å². The van der Waals surface area contributed by atoms with Crippen molar-refractivity contribution in [3.05, 3.63) is 23.3 Å². The van der Waals surface area contributed by atoms with Crippen molar-refractivity contribution in [1.29, 1.82) is 0 Å². The summed E-state index contributed by atoms with van der Waals surface area (Å²) in [6.07, 6.45) is 2.73. The van der Waals surface area contributed by atoms with E-state index in [9.17, 15) is 9.90 Å². The van der Waals surface area contributed by atoms with Crippen LogP contribution in [0.2, 0.25) is 0 Å². The number of ketones is 1. The SMILES string of the molecule is C=C(C)[C@H]1CC2=C(C)C(=O)CC[C@]2(C)[C@@H](O)C1. The van der Waals surface area contributed by atoms with Crippen LogP contribution in [0.15, 0.2) is 23.3 Å². The van der Waals surface area contributed by atoms with E-state index < -0.39 is 0 Å². The first-order chi connectivity index (χ1) is 7.86. The summed E-state index contributed by atoms with van der Waals surface area (Å²) in [6, 6.07) is 0. The summed E-state index contributed by atoms with van der Waals surface area (Å²) in [7, 11) is 0. The van der Waals surface area contributed by atoms with Crippen molar-refractivity contribution in [1.82, 2.24) is 0 Å². The third-order valence-corrected chi connectivity index (χ3v) is 4.82. The van der Waals surface area contributed by atoms with Gasteiger partial charge in [-0.1, -0.05) is 24.6 Å². The maximum atomic E-state index is 11.8. The molecule has 1 fully saturated rings. The predicted octanol–water partition coefficient (Wildman–Crippen LogP) is 3.02. The van der Waals surface area contributed by atoms with Gasteiger partial charge in [0.15, 0.2) is 5.78 Å². The molecular formula is C15H22O2. The minimum absolute atomic E-state index is 0.177. The first-order valence-corrected chi connectivity index (χ1v) is 6.43. The number of aliphatic hydroxyl groups excluding tert-OH is 1. The highest BCUT2D eigenvalue weighted by Gasteiger charge is 2.46. The van der Waals surface area contributed by atoms with E-state index in [1.54, 1.807) is 0 Å². The summed E-state index contributed by atoms with van der Waals surface area (Å²) in [4.78, 5) is 11.8. The van der Waals surface area contributed by atoms with E-state index in [0.29, 0.717) is 12.3 Å². The number of carbonyl (C=O) groups excluding carboxylic acids is 1. The lowest BCUT2D eigenvalue weighted by molar-refractivity contribution is -0.118. The molecular weight excluding hydrogens is 212 g/mol. The van der Waals surface area contributed by atoms with Crippen LogP contribution in [-0.2, 0) is 4.79 Å². The maximum Gasteiger partial charge on any atom is 0.158 e. The molecule has 1 saturated carbocycles. The van der Waals surface area contributed by atoms with Gasteiger partial charge in [0.1, 0.15) is 0 Å². The summed E-state index contributed by atoms with van der Waals surface area (Å²) in [5.74, 6) is 0.584. The van der Waals surface area contributed by atoms with Crippen molar-refractivity contribution in [2.24, 2.45) is 11.3 Å². The van der Waals surface area contributed by atoms with E-state index in [1.165, 1.54) is 5.57 Å². The second-order valence-corrected chi connectivity index (χ2v) is 5.94. The standard InChI is InChI=1S/C15H22O2/c1-9(2)11-7-12-10(3)13(16)5-6-15(12,4)14(17)8-11/h11,14,17H,1,5-8H2,2-4H3/t11-,14-,15-/m0/s1. The zero-order valence-electron chi connectivity index (χ0n) is 11.0. The van der Waals surface area contributed by atoms with E-state index >= 15 is 0 Å². The second kappa shape index (κ2) is 4.09. The number of aliphatic hydroxyl groups is 1. The van der Waals surface area contributed by atoms with Gasteiger partial charge in [-0.15, -0.1) is 0 Å². The summed E-state index contributed by atoms with van der Waals surface area (Å²) in [5, 5.41) is 10.4. The molecule has 94 valence electrons. The highest BCUT2D eigenvalue weighted by Crippen LogP contribution is 2.51. The lowest BCUT2D eigenvalue weighted by Gasteiger charge is -2.47. The second-order valence-electron chi connectivity index (χ2n) is 5.94. The minimum atomic E-state index is -0.337. The Bertz CT molecular complexity index is 405. The smallest absolute Gasteiger partial charge is 0.158 e. The third-order valence-electron chi connectivity index (χ3n) is 4.82. The van der Waals surface area contributed by atoms with Crippen molar-refractivity contribution in [2.75, 3.05) is 0 Å². The zero-order chi connectivity index (χ0) is 12.8. The Morgan fingerprint density at radius 1 is 1.53 bits per heavy atom. The van der Waals surface area contributed by atoms with Crippen LogP contribution in [0.25, 0.3) is 0 Å². The summed E-state index contributed by atoms with van der Waals surface area (Å²) >= 11 is 0. The van der Waals surface area contributed by atoms with E-state index in [1.807, 2.05) is 13.8 Å². The van der Waals surface area contributed by atoms with Crippen LogP contribution >= 0.6 is 0 Å². The van der Waals surface area contributed by atoms with Gasteiger partial charge >= 0.3 is 0 Å². The molecule has 0 radical (unpaired) electrons. The van der Waals surface area contributed by atoms with Gasteiger partial charge in [-0.2, -0.15) is 0 Å². The van der Waals surface area contributed by atoms with Crippen molar-refractivity contribution in [3.63, 3.8) is 0 Å². The molecule has 0 aromatic heterocycles. The summed E-state index contributed by atoms with van der Waals surface area (Å²) < 4.78 is 0. The third kappa shape index (κ3) is 1.89. The molecule has 2 nitrogen and oxygen atoms in total. The molecule has 0 unspecified atom stereocenters. The van der Waals surface area contributed by atoms with Crippen molar-refractivity contribution < 1.29 is 9.90 Å². The number of carbonyl (C=O) groups is 1. The predicted molar refractivity (Wildman–Crippen MR) is 68.6 cm³/mol. The number of rotatable bonds is 1. The van der Waals surface area contributed by atoms with E-state index in [-0.39, 0.29) is 17.3 Å². The van der Waals surface area contributed by atoms with Crippen molar-refractivity contribution in [2.45, 2.75) is 52.6 Å². The highest BCUT2D eigenvalue weighted by molar-refractivity contribution is 5.96. The van der Waals surface area contributed by atoms with Gasteiger partial charge in [0.25, 0.3) is 0 Å². The molecule has 0 bridgehead atoms. The van der Waals surface area contributed by atoms with Gasteiger partial charge in [-0.3, -0.25) is 4.79 Å². The molecule has 2 rings (SSSR count). The molecule has 0 aromatic rings. The molecule has 0 aromatic carbocycles. The topological polar surface area (TPSA) is 37.3 Å². The van der Waals surface area contributed by atoms with Crippen LogP contribution in [-0.4, -0.2) is 17.0 Å². The first kappa shape index (κ1) is 12.6. The van der Waals surface area contributed by atoms with E-state index in [4.69, 9.17) is 0 Å². The fourth-order valence-corrected chi connectivity index (χ4v) is 3.30. The molecule has 0 spiro atoms. The molecule has 2 aliphatic rings. The Labute approximate surface area is 103 Å². The van der Waals surface area contributed by atoms with Crippen LogP contribution < -0.4 is 0 Å². The highest BCUT2D eigenvalue weighted by atomic mass is 16.3. The largest absolute Gasteiger partial charge is 0.392 e. The maximum absolute atomic E-state index is 11.8. The van der Waals surface area contributed by atoms with Crippen molar-refractivity contribution in [3.8, 4) is 0 Å². The lowest BCUT2D eigenvalue weighted by Crippen LogP contribution is -2.44. The van der Waals surface area contributed by atoms with E-state index in [2.05, 4.69) is 13.5 Å². The lowest BCUT2D eigenvalue weighted by atomic mass is 9.59. The summed E-state index contributed by atoms with van der Waals surface area (Å²) in [5.41, 5.74) is 3.01. The molecule has 0 aliphatic heterocycles. The van der Waals surface area contributed by atoms with Gasteiger partial charge in [0.2, 0.25) is 0 Å². The Hall–Kier alpha value is -0.890. The molecule has 1 N–H and O–H groups in total. The quantitative estimate of drug-likeness (QED) is 0.708. The average molecular weight is 234 g/mol. The number of hydrogen-bond donors (Lipinski definition) is 1. The number of allylic oxidation sites excluding steroid dienone is 2. The minimum Gasteiger partial charge on any atom is -0.392 e. The number of Topliss-reactive ketones (excluding diaryl/α,β-unsaturated/α-hetero) is 1. The Balaban J connectivity index is 2.43. The Morgan fingerprint density at radius 2 is 2.18 bits per heavy atom. The Morgan fingerprint density at radius 3 is 2.76 bits per heavy atom. The van der Waals surface area contributed by atoms with Gasteiger partial charge in [-0.25, -0.2) is 0 Å². The van der Waals surface area contributed by atoms with Crippen LogP contribution in [0.5, 0.6) is 0 Å². The number of hydrogen-bond acceptors (Lipinski definition) is 2. The molecule has 17 heavy (non-hydrogen) atoms. The molecule has 0 saturated heterocycles.